The molecule has 0 radical (unpaired) electrons. The van der Waals surface area contributed by atoms with Crippen molar-refractivity contribution in [1.82, 2.24) is 10.2 Å². The lowest BCUT2D eigenvalue weighted by Crippen LogP contribution is -2.46. The molecule has 2 fully saturated rings. The average molecular weight is 640 g/mol. The zero-order valence-corrected chi connectivity index (χ0v) is 25.2. The Hall–Kier alpha value is -4.12. The van der Waals surface area contributed by atoms with Crippen molar-refractivity contribution in [2.45, 2.75) is 31.5 Å². The molecule has 2 bridgehead atoms. The van der Waals surface area contributed by atoms with E-state index in [0.29, 0.717) is 46.9 Å². The van der Waals surface area contributed by atoms with Crippen LogP contribution in [-0.4, -0.2) is 67.2 Å². The van der Waals surface area contributed by atoms with E-state index in [-0.39, 0.29) is 52.1 Å². The summed E-state index contributed by atoms with van der Waals surface area (Å²) >= 11 is 13.0. The lowest BCUT2D eigenvalue weighted by molar-refractivity contribution is 0.0516. The number of morpholine rings is 1. The summed E-state index contributed by atoms with van der Waals surface area (Å²) in [5.74, 6) is -1.92. The monoisotopic (exact) mass is 638 g/mol. The minimum absolute atomic E-state index is 0.0226. The number of hydrogen-bond donors (Lipinski definition) is 3. The van der Waals surface area contributed by atoms with Gasteiger partial charge in [0.15, 0.2) is 6.73 Å². The first-order valence-corrected chi connectivity index (χ1v) is 14.8. The molecule has 3 aromatic rings. The van der Waals surface area contributed by atoms with Crippen LogP contribution < -0.4 is 15.0 Å². The highest BCUT2D eigenvalue weighted by Crippen LogP contribution is 2.43. The Labute approximate surface area is 263 Å². The second-order valence-corrected chi connectivity index (χ2v) is 11.7. The highest BCUT2D eigenvalue weighted by atomic mass is 35.5. The summed E-state index contributed by atoms with van der Waals surface area (Å²) in [7, 11) is 1.70. The van der Waals surface area contributed by atoms with Crippen LogP contribution in [0.1, 0.15) is 44.7 Å². The number of benzene rings is 3. The first-order valence-electron chi connectivity index (χ1n) is 14.1. The third-order valence-corrected chi connectivity index (χ3v) is 8.88. The normalized spacial score (nSPS) is 19.3. The van der Waals surface area contributed by atoms with Gasteiger partial charge in [0.25, 0.3) is 5.91 Å². The van der Waals surface area contributed by atoms with E-state index in [2.05, 4.69) is 10.2 Å². The number of carboxylic acid groups (broad SMARTS) is 1. The van der Waals surface area contributed by atoms with Gasteiger partial charge in [-0.1, -0.05) is 41.4 Å². The van der Waals surface area contributed by atoms with Crippen molar-refractivity contribution in [1.29, 1.82) is 5.41 Å². The number of nitrogens with zero attached hydrogens (tertiary/aromatic N) is 2. The molecule has 3 aromatic carbocycles. The summed E-state index contributed by atoms with van der Waals surface area (Å²) in [6, 6.07) is 11.1. The lowest BCUT2D eigenvalue weighted by Gasteiger charge is -2.37. The summed E-state index contributed by atoms with van der Waals surface area (Å²) < 4.78 is 27.4. The Kier molecular flexibility index (Phi) is 8.24. The summed E-state index contributed by atoms with van der Waals surface area (Å²) in [5.41, 5.74) is 2.89. The predicted molar refractivity (Wildman–Crippen MR) is 167 cm³/mol. The summed E-state index contributed by atoms with van der Waals surface area (Å²) in [6.07, 6.45) is 4.52. The topological polar surface area (TPSA) is 115 Å². The summed E-state index contributed by atoms with van der Waals surface area (Å²) in [5, 5.41) is 20.7. The van der Waals surface area contributed by atoms with Gasteiger partial charge in [0.2, 0.25) is 0 Å². The van der Waals surface area contributed by atoms with Crippen LogP contribution in [0.2, 0.25) is 10.0 Å². The molecule has 3 aliphatic heterocycles. The van der Waals surface area contributed by atoms with E-state index >= 15 is 4.39 Å². The molecule has 228 valence electrons. The van der Waals surface area contributed by atoms with E-state index in [4.69, 9.17) is 38.1 Å². The van der Waals surface area contributed by atoms with Crippen LogP contribution in [0.4, 0.5) is 10.1 Å². The van der Waals surface area contributed by atoms with E-state index in [1.165, 1.54) is 4.90 Å². The van der Waals surface area contributed by atoms with Gasteiger partial charge < -0.3 is 35.1 Å². The molecule has 0 spiro atoms. The van der Waals surface area contributed by atoms with E-state index in [1.807, 2.05) is 0 Å². The van der Waals surface area contributed by atoms with Crippen molar-refractivity contribution in [2.75, 3.05) is 31.9 Å². The molecule has 3 heterocycles. The van der Waals surface area contributed by atoms with Gasteiger partial charge >= 0.3 is 5.97 Å². The summed E-state index contributed by atoms with van der Waals surface area (Å²) in [4.78, 5) is 29.3. The molecule has 2 saturated heterocycles. The van der Waals surface area contributed by atoms with Crippen molar-refractivity contribution < 1.29 is 28.6 Å². The molecule has 2 atom stereocenters. The molecular weight excluding hydrogens is 610 g/mol. The molecular formula is C32H29Cl2FN4O5. The number of fused-ring (bicyclic) bond motifs is 3. The Morgan fingerprint density at radius 3 is 2.43 bits per heavy atom. The zero-order valence-electron chi connectivity index (χ0n) is 23.7. The Morgan fingerprint density at radius 2 is 1.80 bits per heavy atom. The van der Waals surface area contributed by atoms with E-state index in [1.54, 1.807) is 49.6 Å². The Bertz CT molecular complexity index is 1680. The second kappa shape index (κ2) is 12.1. The van der Waals surface area contributed by atoms with Crippen molar-refractivity contribution in [2.24, 2.45) is 0 Å². The predicted octanol–water partition coefficient (Wildman–Crippen LogP) is 6.07. The number of amides is 1. The number of rotatable bonds is 7. The van der Waals surface area contributed by atoms with Gasteiger partial charge in [-0.15, -0.1) is 0 Å². The fourth-order valence-corrected chi connectivity index (χ4v) is 6.91. The third kappa shape index (κ3) is 5.27. The van der Waals surface area contributed by atoms with Crippen molar-refractivity contribution in [3.8, 4) is 16.9 Å². The zero-order chi connectivity index (χ0) is 31.1. The quantitative estimate of drug-likeness (QED) is 0.269. The highest BCUT2D eigenvalue weighted by molar-refractivity contribution is 6.40. The number of anilines is 1. The van der Waals surface area contributed by atoms with Crippen LogP contribution in [-0.2, 0) is 11.3 Å². The number of hydrogen-bond acceptors (Lipinski definition) is 7. The molecule has 2 unspecified atom stereocenters. The van der Waals surface area contributed by atoms with Crippen LogP contribution in [0.5, 0.6) is 5.75 Å². The van der Waals surface area contributed by atoms with Crippen LogP contribution in [0.25, 0.3) is 16.7 Å². The SMILES string of the molecule is CN/C=C(\C=N)c1cc(Cl)c(C(=O)N2COc3c(cccc3-c3cc(N4C5CCC4COC5)c(C(=O)O)cc3F)C2)c(Cl)c1. The van der Waals surface area contributed by atoms with Gasteiger partial charge in [0.1, 0.15) is 11.6 Å². The molecule has 3 N–H and O–H groups in total. The number of nitrogens with one attached hydrogen (secondary N) is 2. The second-order valence-electron chi connectivity index (χ2n) is 10.9. The number of aromatic carboxylic acids is 1. The summed E-state index contributed by atoms with van der Waals surface area (Å²) in [6.45, 7) is 0.988. The number of ether oxygens (including phenoxy) is 2. The van der Waals surface area contributed by atoms with Gasteiger partial charge in [-0.25, -0.2) is 9.18 Å². The minimum Gasteiger partial charge on any atom is -0.478 e. The number of carboxylic acids is 1. The first-order chi connectivity index (χ1) is 21.2. The molecule has 1 amide bonds. The Balaban J connectivity index is 1.33. The van der Waals surface area contributed by atoms with Gasteiger partial charge in [-0.3, -0.25) is 4.79 Å². The standard InChI is InChI=1S/C32H29Cl2FN4O5/c1-37-12-19(11-36)18-7-25(33)29(26(34)8-18)31(40)38-13-17-3-2-4-22(30(17)44-16-38)23-10-28(24(32(41)42)9-27(23)35)39-20-5-6-21(39)15-43-14-20/h2-4,7-12,20-21,36-37H,5-6,13-16H2,1H3,(H,41,42)/b19-12+,36-11?. The van der Waals surface area contributed by atoms with Crippen LogP contribution >= 0.6 is 23.2 Å². The fourth-order valence-electron chi connectivity index (χ4n) is 6.26. The maximum atomic E-state index is 15.6. The highest BCUT2D eigenvalue weighted by Gasteiger charge is 2.40. The van der Waals surface area contributed by atoms with Crippen LogP contribution in [0, 0.1) is 11.2 Å². The number of para-hydroxylation sites is 1. The van der Waals surface area contributed by atoms with Gasteiger partial charge in [0, 0.05) is 41.7 Å². The fraction of sp³-hybridized carbons (Fsp3) is 0.281. The minimum atomic E-state index is -1.20. The molecule has 6 rings (SSSR count). The van der Waals surface area contributed by atoms with Crippen LogP contribution in [0.3, 0.4) is 0 Å². The molecule has 12 heteroatoms. The lowest BCUT2D eigenvalue weighted by atomic mass is 9.96. The maximum Gasteiger partial charge on any atom is 0.337 e. The van der Waals surface area contributed by atoms with E-state index < -0.39 is 17.7 Å². The first kappa shape index (κ1) is 29.9. The molecule has 0 aliphatic carbocycles. The van der Waals surface area contributed by atoms with E-state index in [0.717, 1.165) is 25.1 Å². The number of carbonyl (C=O) groups is 2. The number of carbonyl (C=O) groups excluding carboxylic acids is 1. The van der Waals surface area contributed by atoms with Crippen molar-refractivity contribution in [3.05, 3.63) is 86.8 Å². The number of allylic oxidation sites excluding steroid dienone is 1. The molecule has 3 aliphatic rings. The van der Waals surface area contributed by atoms with Crippen LogP contribution in [0.15, 0.2) is 48.7 Å². The third-order valence-electron chi connectivity index (χ3n) is 8.28. The number of halogens is 3. The van der Waals surface area contributed by atoms with Gasteiger partial charge in [-0.05, 0) is 42.7 Å². The average Bonchev–Trinajstić information content (AvgIpc) is 3.25. The van der Waals surface area contributed by atoms with Gasteiger partial charge in [-0.2, -0.15) is 0 Å². The molecule has 9 nitrogen and oxygen atoms in total. The van der Waals surface area contributed by atoms with E-state index in [9.17, 15) is 14.7 Å². The van der Waals surface area contributed by atoms with Crippen molar-refractivity contribution >= 4 is 52.6 Å². The van der Waals surface area contributed by atoms with Gasteiger partial charge in [0.05, 0.1) is 58.7 Å². The maximum absolute atomic E-state index is 15.6. The largest absolute Gasteiger partial charge is 0.478 e. The Morgan fingerprint density at radius 1 is 1.09 bits per heavy atom. The smallest absolute Gasteiger partial charge is 0.337 e. The molecule has 44 heavy (non-hydrogen) atoms. The van der Waals surface area contributed by atoms with Crippen molar-refractivity contribution in [3.63, 3.8) is 0 Å². The molecule has 0 aromatic heterocycles. The molecule has 0 saturated carbocycles.